The third-order valence-corrected chi connectivity index (χ3v) is 4.42. The summed E-state index contributed by atoms with van der Waals surface area (Å²) in [6.45, 7) is 7.07. The summed E-state index contributed by atoms with van der Waals surface area (Å²) in [7, 11) is 0. The Bertz CT molecular complexity index is 459. The fourth-order valence-electron chi connectivity index (χ4n) is 2.15. The molecule has 4 heteroatoms. The van der Waals surface area contributed by atoms with Gasteiger partial charge in [0.1, 0.15) is 0 Å². The minimum atomic E-state index is 0.0416. The van der Waals surface area contributed by atoms with E-state index in [1.54, 1.807) is 11.8 Å². The van der Waals surface area contributed by atoms with Gasteiger partial charge in [-0.1, -0.05) is 20.8 Å². The molecule has 1 heterocycles. The number of amides is 1. The fraction of sp³-hybridized carbons (Fsp3) is 0.500. The van der Waals surface area contributed by atoms with E-state index in [1.807, 2.05) is 23.1 Å². The number of nitrogens with zero attached hydrogens (tertiary/aromatic N) is 1. The molecule has 3 nitrogen and oxygen atoms in total. The molecule has 2 rings (SSSR count). The minimum absolute atomic E-state index is 0.0416. The lowest BCUT2D eigenvalue weighted by atomic mass is 10.1. The second kappa shape index (κ2) is 5.22. The van der Waals surface area contributed by atoms with Crippen LogP contribution in [-0.2, 0) is 4.79 Å². The number of rotatable bonds is 3. The molecule has 1 aliphatic heterocycles. The molecule has 0 radical (unpaired) electrons. The maximum absolute atomic E-state index is 12.4. The van der Waals surface area contributed by atoms with E-state index >= 15 is 0 Å². The SMILES string of the molecule is CCC1Sc2ccc(N)cc2N(CC(C)C)C1=O. The van der Waals surface area contributed by atoms with E-state index in [-0.39, 0.29) is 11.2 Å². The molecule has 1 aromatic carbocycles. The Balaban J connectivity index is 2.42. The lowest BCUT2D eigenvalue weighted by Gasteiger charge is -2.34. The third-order valence-electron chi connectivity index (χ3n) is 3.00. The predicted octanol–water partition coefficient (Wildman–Crippen LogP) is 3.14. The van der Waals surface area contributed by atoms with Gasteiger partial charge in [-0.2, -0.15) is 0 Å². The number of thioether (sulfide) groups is 1. The summed E-state index contributed by atoms with van der Waals surface area (Å²) in [4.78, 5) is 15.5. The molecule has 1 aromatic rings. The molecular weight excluding hydrogens is 244 g/mol. The van der Waals surface area contributed by atoms with E-state index in [9.17, 15) is 4.79 Å². The number of nitrogens with two attached hydrogens (primary N) is 1. The van der Waals surface area contributed by atoms with Gasteiger partial charge in [-0.15, -0.1) is 11.8 Å². The van der Waals surface area contributed by atoms with Gasteiger partial charge in [0.15, 0.2) is 0 Å². The molecule has 1 amide bonds. The number of carbonyl (C=O) groups is 1. The Hall–Kier alpha value is -1.16. The number of carbonyl (C=O) groups excluding carboxylic acids is 1. The number of anilines is 2. The van der Waals surface area contributed by atoms with Gasteiger partial charge in [0.2, 0.25) is 5.91 Å². The standard InChI is InChI=1S/C14H20N2OS/c1-4-12-14(17)16(8-9(2)3)11-7-10(15)5-6-13(11)18-12/h5-7,9,12H,4,8,15H2,1-3H3. The van der Waals surface area contributed by atoms with Crippen molar-refractivity contribution in [2.75, 3.05) is 17.2 Å². The zero-order valence-electron chi connectivity index (χ0n) is 11.1. The molecule has 0 spiro atoms. The number of hydrogen-bond donors (Lipinski definition) is 1. The average Bonchev–Trinajstić information content (AvgIpc) is 2.32. The van der Waals surface area contributed by atoms with Gasteiger partial charge in [-0.25, -0.2) is 0 Å². The zero-order valence-corrected chi connectivity index (χ0v) is 12.0. The first-order chi connectivity index (χ1) is 8.52. The quantitative estimate of drug-likeness (QED) is 0.853. The highest BCUT2D eigenvalue weighted by molar-refractivity contribution is 8.01. The van der Waals surface area contributed by atoms with Crippen LogP contribution in [-0.4, -0.2) is 17.7 Å². The normalized spacial score (nSPS) is 19.2. The Morgan fingerprint density at radius 1 is 1.44 bits per heavy atom. The predicted molar refractivity (Wildman–Crippen MR) is 78.0 cm³/mol. The van der Waals surface area contributed by atoms with E-state index in [2.05, 4.69) is 20.8 Å². The first-order valence-corrected chi connectivity index (χ1v) is 7.28. The number of hydrogen-bond acceptors (Lipinski definition) is 3. The van der Waals surface area contributed by atoms with Crippen LogP contribution in [0.2, 0.25) is 0 Å². The van der Waals surface area contributed by atoms with E-state index < -0.39 is 0 Å². The molecule has 0 bridgehead atoms. The fourth-order valence-corrected chi connectivity index (χ4v) is 3.29. The van der Waals surface area contributed by atoms with Gasteiger partial charge < -0.3 is 10.6 Å². The van der Waals surface area contributed by atoms with Crippen molar-refractivity contribution in [2.24, 2.45) is 5.92 Å². The Morgan fingerprint density at radius 2 is 2.17 bits per heavy atom. The van der Waals surface area contributed by atoms with Crippen LogP contribution in [0, 0.1) is 5.92 Å². The van der Waals surface area contributed by atoms with E-state index in [0.29, 0.717) is 11.6 Å². The molecule has 1 aliphatic rings. The van der Waals surface area contributed by atoms with Crippen molar-refractivity contribution in [1.82, 2.24) is 0 Å². The molecule has 0 saturated heterocycles. The van der Waals surface area contributed by atoms with Crippen LogP contribution in [0.5, 0.6) is 0 Å². The molecule has 1 unspecified atom stereocenters. The largest absolute Gasteiger partial charge is 0.399 e. The van der Waals surface area contributed by atoms with Crippen molar-refractivity contribution in [3.63, 3.8) is 0 Å². The highest BCUT2D eigenvalue weighted by Crippen LogP contribution is 2.41. The highest BCUT2D eigenvalue weighted by atomic mass is 32.2. The lowest BCUT2D eigenvalue weighted by molar-refractivity contribution is -0.118. The molecule has 0 saturated carbocycles. The minimum Gasteiger partial charge on any atom is -0.399 e. The second-order valence-electron chi connectivity index (χ2n) is 5.08. The summed E-state index contributed by atoms with van der Waals surface area (Å²) in [5, 5.41) is 0.0416. The molecule has 18 heavy (non-hydrogen) atoms. The first kappa shape index (κ1) is 13.3. The summed E-state index contributed by atoms with van der Waals surface area (Å²) < 4.78 is 0. The van der Waals surface area contributed by atoms with Crippen molar-refractivity contribution in [1.29, 1.82) is 0 Å². The maximum atomic E-state index is 12.4. The monoisotopic (exact) mass is 264 g/mol. The lowest BCUT2D eigenvalue weighted by Crippen LogP contribution is -2.42. The summed E-state index contributed by atoms with van der Waals surface area (Å²) in [5.41, 5.74) is 7.53. The molecule has 98 valence electrons. The smallest absolute Gasteiger partial charge is 0.240 e. The Kier molecular flexibility index (Phi) is 3.85. The van der Waals surface area contributed by atoms with Crippen LogP contribution >= 0.6 is 11.8 Å². The van der Waals surface area contributed by atoms with E-state index in [4.69, 9.17) is 5.73 Å². The molecule has 0 fully saturated rings. The van der Waals surface area contributed by atoms with Crippen LogP contribution in [0.4, 0.5) is 11.4 Å². The number of benzene rings is 1. The van der Waals surface area contributed by atoms with Gasteiger partial charge in [0, 0.05) is 17.1 Å². The van der Waals surface area contributed by atoms with E-state index in [0.717, 1.165) is 23.5 Å². The van der Waals surface area contributed by atoms with Crippen molar-refractivity contribution < 1.29 is 4.79 Å². The third kappa shape index (κ3) is 2.48. The van der Waals surface area contributed by atoms with Crippen molar-refractivity contribution >= 4 is 29.0 Å². The van der Waals surface area contributed by atoms with Crippen LogP contribution in [0.3, 0.4) is 0 Å². The van der Waals surface area contributed by atoms with Gasteiger partial charge >= 0.3 is 0 Å². The highest BCUT2D eigenvalue weighted by Gasteiger charge is 2.32. The molecule has 0 aromatic heterocycles. The molecular formula is C14H20N2OS. The van der Waals surface area contributed by atoms with Gasteiger partial charge in [-0.3, -0.25) is 4.79 Å². The average molecular weight is 264 g/mol. The number of fused-ring (bicyclic) bond motifs is 1. The van der Waals surface area contributed by atoms with E-state index in [1.165, 1.54) is 0 Å². The number of nitrogen functional groups attached to an aromatic ring is 1. The van der Waals surface area contributed by atoms with Crippen LogP contribution < -0.4 is 10.6 Å². The van der Waals surface area contributed by atoms with Gasteiger partial charge in [0.05, 0.1) is 10.9 Å². The maximum Gasteiger partial charge on any atom is 0.240 e. The Morgan fingerprint density at radius 3 is 2.78 bits per heavy atom. The molecule has 1 atom stereocenters. The van der Waals surface area contributed by atoms with Crippen molar-refractivity contribution in [3.05, 3.63) is 18.2 Å². The van der Waals surface area contributed by atoms with Crippen molar-refractivity contribution in [3.8, 4) is 0 Å². The Labute approximate surface area is 113 Å². The summed E-state index contributed by atoms with van der Waals surface area (Å²) in [6.07, 6.45) is 0.863. The second-order valence-corrected chi connectivity index (χ2v) is 6.33. The van der Waals surface area contributed by atoms with Gasteiger partial charge in [0.25, 0.3) is 0 Å². The summed E-state index contributed by atoms with van der Waals surface area (Å²) in [5.74, 6) is 0.665. The summed E-state index contributed by atoms with van der Waals surface area (Å²) in [6, 6.07) is 5.84. The molecule has 2 N–H and O–H groups in total. The summed E-state index contributed by atoms with van der Waals surface area (Å²) >= 11 is 1.66. The molecule has 0 aliphatic carbocycles. The zero-order chi connectivity index (χ0) is 13.3. The van der Waals surface area contributed by atoms with Crippen molar-refractivity contribution in [2.45, 2.75) is 37.3 Å². The topological polar surface area (TPSA) is 46.3 Å². The van der Waals surface area contributed by atoms with Gasteiger partial charge in [-0.05, 0) is 30.5 Å². The van der Waals surface area contributed by atoms with Crippen LogP contribution in [0.15, 0.2) is 23.1 Å². The first-order valence-electron chi connectivity index (χ1n) is 6.40. The van der Waals surface area contributed by atoms with Crippen LogP contribution in [0.25, 0.3) is 0 Å². The van der Waals surface area contributed by atoms with Crippen LogP contribution in [0.1, 0.15) is 27.2 Å².